The number of nitrogens with zero attached hydrogens (tertiary/aromatic N) is 1. The van der Waals surface area contributed by atoms with Gasteiger partial charge < -0.3 is 24.4 Å². The van der Waals surface area contributed by atoms with Crippen molar-refractivity contribution < 1.29 is 23.8 Å². The smallest absolute Gasteiger partial charge is 0.407 e. The first-order valence-electron chi connectivity index (χ1n) is 9.28. The molecule has 1 saturated heterocycles. The lowest BCUT2D eigenvalue weighted by molar-refractivity contribution is 0.0499. The van der Waals surface area contributed by atoms with E-state index in [0.29, 0.717) is 31.1 Å². The minimum atomic E-state index is -0.537. The second kappa shape index (κ2) is 9.60. The normalized spacial score (nSPS) is 17.3. The number of aldehydes is 1. The predicted octanol–water partition coefficient (Wildman–Crippen LogP) is 3.02. The van der Waals surface area contributed by atoms with Gasteiger partial charge in [0, 0.05) is 31.8 Å². The number of ether oxygens (including phenoxy) is 3. The van der Waals surface area contributed by atoms with Crippen LogP contribution in [0.15, 0.2) is 18.2 Å². The molecule has 1 aromatic carbocycles. The number of rotatable bonds is 7. The van der Waals surface area contributed by atoms with Crippen LogP contribution in [-0.4, -0.2) is 57.4 Å². The Bertz CT molecular complexity index is 642. The average molecular weight is 378 g/mol. The third-order valence-electron chi connectivity index (χ3n) is 4.16. The Morgan fingerprint density at radius 1 is 1.33 bits per heavy atom. The summed E-state index contributed by atoms with van der Waals surface area (Å²) in [4.78, 5) is 25.8. The predicted molar refractivity (Wildman–Crippen MR) is 104 cm³/mol. The number of hydrogen-bond acceptors (Lipinski definition) is 6. The fourth-order valence-electron chi connectivity index (χ4n) is 3.10. The Hall–Kier alpha value is -2.28. The number of anilines is 1. The SMILES string of the molecule is COCCOc1cccc(C=O)c1N1CCC[C@@H](NC(=O)OC(C)(C)C)C1. The molecule has 0 unspecified atom stereocenters. The average Bonchev–Trinajstić information content (AvgIpc) is 2.60. The zero-order valence-electron chi connectivity index (χ0n) is 16.6. The molecule has 1 aliphatic heterocycles. The van der Waals surface area contributed by atoms with Crippen molar-refractivity contribution in [1.29, 1.82) is 0 Å². The molecule has 150 valence electrons. The molecule has 1 atom stereocenters. The van der Waals surface area contributed by atoms with Crippen LogP contribution in [-0.2, 0) is 9.47 Å². The lowest BCUT2D eigenvalue weighted by atomic mass is 10.0. The van der Waals surface area contributed by atoms with Gasteiger partial charge in [-0.3, -0.25) is 4.79 Å². The Morgan fingerprint density at radius 2 is 2.11 bits per heavy atom. The Kier molecular flexibility index (Phi) is 7.47. The van der Waals surface area contributed by atoms with E-state index in [1.54, 1.807) is 19.2 Å². The Labute approximate surface area is 161 Å². The number of methoxy groups -OCH3 is 1. The van der Waals surface area contributed by atoms with Gasteiger partial charge in [-0.1, -0.05) is 6.07 Å². The zero-order chi connectivity index (χ0) is 19.9. The molecule has 0 bridgehead atoms. The van der Waals surface area contributed by atoms with Crippen molar-refractivity contribution >= 4 is 18.1 Å². The maximum Gasteiger partial charge on any atom is 0.407 e. The molecule has 1 N–H and O–H groups in total. The maximum atomic E-state index is 12.1. The number of nitrogens with one attached hydrogen (secondary N) is 1. The van der Waals surface area contributed by atoms with Crippen LogP contribution in [0.2, 0.25) is 0 Å². The van der Waals surface area contributed by atoms with Crippen molar-refractivity contribution in [2.24, 2.45) is 0 Å². The van der Waals surface area contributed by atoms with Gasteiger partial charge in [-0.15, -0.1) is 0 Å². The van der Waals surface area contributed by atoms with Crippen LogP contribution in [0.4, 0.5) is 10.5 Å². The maximum absolute atomic E-state index is 12.1. The molecule has 1 aliphatic rings. The Morgan fingerprint density at radius 3 is 2.78 bits per heavy atom. The van der Waals surface area contributed by atoms with Crippen LogP contribution >= 0.6 is 0 Å². The highest BCUT2D eigenvalue weighted by Gasteiger charge is 2.27. The number of amides is 1. The molecule has 0 saturated carbocycles. The van der Waals surface area contributed by atoms with Crippen molar-refractivity contribution in [1.82, 2.24) is 5.32 Å². The van der Waals surface area contributed by atoms with E-state index in [0.717, 1.165) is 31.4 Å². The van der Waals surface area contributed by atoms with Crippen LogP contribution in [0.3, 0.4) is 0 Å². The summed E-state index contributed by atoms with van der Waals surface area (Å²) in [6.07, 6.45) is 2.17. The van der Waals surface area contributed by atoms with Crippen LogP contribution in [0.1, 0.15) is 44.0 Å². The summed E-state index contributed by atoms with van der Waals surface area (Å²) in [5.74, 6) is 0.648. The fraction of sp³-hybridized carbons (Fsp3) is 0.600. The van der Waals surface area contributed by atoms with Crippen molar-refractivity contribution in [2.45, 2.75) is 45.3 Å². The van der Waals surface area contributed by atoms with E-state index in [4.69, 9.17) is 14.2 Å². The van der Waals surface area contributed by atoms with Crippen molar-refractivity contribution in [3.05, 3.63) is 23.8 Å². The first kappa shape index (κ1) is 21.0. The number of carbonyl (C=O) groups excluding carboxylic acids is 2. The van der Waals surface area contributed by atoms with Gasteiger partial charge in [0.2, 0.25) is 0 Å². The van der Waals surface area contributed by atoms with Gasteiger partial charge in [-0.25, -0.2) is 4.79 Å². The lowest BCUT2D eigenvalue weighted by Gasteiger charge is -2.36. The molecule has 27 heavy (non-hydrogen) atoms. The lowest BCUT2D eigenvalue weighted by Crippen LogP contribution is -2.49. The zero-order valence-corrected chi connectivity index (χ0v) is 16.6. The quantitative estimate of drug-likeness (QED) is 0.581. The number of para-hydroxylation sites is 1. The van der Waals surface area contributed by atoms with Gasteiger partial charge in [0.1, 0.15) is 18.0 Å². The van der Waals surface area contributed by atoms with Crippen LogP contribution in [0, 0.1) is 0 Å². The number of alkyl carbamates (subject to hydrolysis) is 1. The van der Waals surface area contributed by atoms with Gasteiger partial charge in [0.05, 0.1) is 12.3 Å². The molecule has 1 amide bonds. The molecule has 0 spiro atoms. The highest BCUT2D eigenvalue weighted by molar-refractivity contribution is 5.87. The van der Waals surface area contributed by atoms with Gasteiger partial charge in [0.15, 0.2) is 6.29 Å². The van der Waals surface area contributed by atoms with Crippen LogP contribution in [0.25, 0.3) is 0 Å². The van der Waals surface area contributed by atoms with E-state index >= 15 is 0 Å². The first-order chi connectivity index (χ1) is 12.8. The summed E-state index contributed by atoms with van der Waals surface area (Å²) in [7, 11) is 1.61. The Balaban J connectivity index is 2.12. The summed E-state index contributed by atoms with van der Waals surface area (Å²) >= 11 is 0. The van der Waals surface area contributed by atoms with E-state index < -0.39 is 11.7 Å². The van der Waals surface area contributed by atoms with Gasteiger partial charge >= 0.3 is 6.09 Å². The molecule has 1 aromatic rings. The summed E-state index contributed by atoms with van der Waals surface area (Å²) in [6, 6.07) is 5.37. The van der Waals surface area contributed by atoms with E-state index in [2.05, 4.69) is 10.2 Å². The number of hydrogen-bond donors (Lipinski definition) is 1. The summed E-state index contributed by atoms with van der Waals surface area (Å²) in [5.41, 5.74) is 0.799. The largest absolute Gasteiger partial charge is 0.489 e. The van der Waals surface area contributed by atoms with Crippen LogP contribution in [0.5, 0.6) is 5.75 Å². The molecule has 7 nitrogen and oxygen atoms in total. The molecule has 0 aliphatic carbocycles. The standard InChI is InChI=1S/C20H30N2O5/c1-20(2,3)27-19(24)21-16-8-6-10-22(13-16)18-15(14-23)7-5-9-17(18)26-12-11-25-4/h5,7,9,14,16H,6,8,10-13H2,1-4H3,(H,21,24)/t16-/m1/s1. The van der Waals surface area contributed by atoms with Crippen LogP contribution < -0.4 is 15.0 Å². The minimum Gasteiger partial charge on any atom is -0.489 e. The summed E-state index contributed by atoms with van der Waals surface area (Å²) in [5, 5.41) is 2.93. The highest BCUT2D eigenvalue weighted by Crippen LogP contribution is 2.33. The second-order valence-corrected chi connectivity index (χ2v) is 7.58. The minimum absolute atomic E-state index is 0.0554. The first-order valence-corrected chi connectivity index (χ1v) is 9.28. The molecule has 1 heterocycles. The van der Waals surface area contributed by atoms with Gasteiger partial charge in [0.25, 0.3) is 0 Å². The summed E-state index contributed by atoms with van der Waals surface area (Å²) < 4.78 is 16.2. The molecule has 1 fully saturated rings. The molecule has 7 heteroatoms. The van der Waals surface area contributed by atoms with Crippen molar-refractivity contribution in [2.75, 3.05) is 38.3 Å². The fourth-order valence-corrected chi connectivity index (χ4v) is 3.10. The highest BCUT2D eigenvalue weighted by atomic mass is 16.6. The second-order valence-electron chi connectivity index (χ2n) is 7.58. The van der Waals surface area contributed by atoms with E-state index in [9.17, 15) is 9.59 Å². The molecule has 0 radical (unpaired) electrons. The van der Waals surface area contributed by atoms with E-state index in [-0.39, 0.29) is 6.04 Å². The third-order valence-corrected chi connectivity index (χ3v) is 4.16. The topological polar surface area (TPSA) is 77.1 Å². The third kappa shape index (κ3) is 6.43. The molecular weight excluding hydrogens is 348 g/mol. The van der Waals surface area contributed by atoms with Crippen molar-refractivity contribution in [3.8, 4) is 5.75 Å². The molecule has 2 rings (SSSR count). The number of benzene rings is 1. The number of piperidine rings is 1. The monoisotopic (exact) mass is 378 g/mol. The van der Waals surface area contributed by atoms with E-state index in [1.807, 2.05) is 26.8 Å². The number of carbonyl (C=O) groups is 2. The van der Waals surface area contributed by atoms with E-state index in [1.165, 1.54) is 0 Å². The molecular formula is C20H30N2O5. The van der Waals surface area contributed by atoms with Gasteiger partial charge in [-0.2, -0.15) is 0 Å². The van der Waals surface area contributed by atoms with Crippen molar-refractivity contribution in [3.63, 3.8) is 0 Å². The van der Waals surface area contributed by atoms with Gasteiger partial charge in [-0.05, 0) is 45.7 Å². The summed E-state index contributed by atoms with van der Waals surface area (Å²) in [6.45, 7) is 7.76. The molecule has 0 aromatic heterocycles.